The Kier molecular flexibility index (Phi) is 2.94. The molecule has 1 aromatic carbocycles. The van der Waals surface area contributed by atoms with E-state index in [9.17, 15) is 9.59 Å². The van der Waals surface area contributed by atoms with Gasteiger partial charge in [-0.05, 0) is 12.1 Å². The average Bonchev–Trinajstić information content (AvgIpc) is 2.92. The molecule has 0 saturated carbocycles. The zero-order valence-corrected chi connectivity index (χ0v) is 10.5. The van der Waals surface area contributed by atoms with Crippen LogP contribution in [0.15, 0.2) is 18.2 Å². The fourth-order valence-electron chi connectivity index (χ4n) is 1.96. The van der Waals surface area contributed by atoms with Crippen LogP contribution in [0.4, 0.5) is 0 Å². The van der Waals surface area contributed by atoms with Gasteiger partial charge in [0, 0.05) is 6.07 Å². The number of aromatic carboxylic acids is 2. The number of carboxylic acid groups (broad SMARTS) is 2. The molecule has 0 radical (unpaired) electrons. The molecule has 2 N–H and O–H groups in total. The summed E-state index contributed by atoms with van der Waals surface area (Å²) >= 11 is 0. The van der Waals surface area contributed by atoms with Crippen LogP contribution in [-0.2, 0) is 0 Å². The number of ether oxygens (including phenoxy) is 2. The summed E-state index contributed by atoms with van der Waals surface area (Å²) in [6, 6.07) is 4.65. The van der Waals surface area contributed by atoms with Gasteiger partial charge in [-0.15, -0.1) is 5.10 Å². The molecule has 0 unspecified atom stereocenters. The molecule has 1 aliphatic heterocycles. The molecule has 2 aromatic rings. The van der Waals surface area contributed by atoms with E-state index in [2.05, 4.69) is 10.3 Å². The minimum Gasteiger partial charge on any atom is -0.486 e. The van der Waals surface area contributed by atoms with Crippen LogP contribution >= 0.6 is 0 Å². The molecule has 0 fully saturated rings. The van der Waals surface area contributed by atoms with E-state index in [0.29, 0.717) is 30.4 Å². The molecule has 3 rings (SSSR count). The van der Waals surface area contributed by atoms with Gasteiger partial charge in [0.05, 0.1) is 5.69 Å². The number of fused-ring (bicyclic) bond motifs is 1. The van der Waals surface area contributed by atoms with Crippen molar-refractivity contribution in [2.45, 2.75) is 0 Å². The van der Waals surface area contributed by atoms with Gasteiger partial charge >= 0.3 is 11.9 Å². The summed E-state index contributed by atoms with van der Waals surface area (Å²) in [5, 5.41) is 25.1. The van der Waals surface area contributed by atoms with Gasteiger partial charge in [-0.25, -0.2) is 14.3 Å². The van der Waals surface area contributed by atoms with Crippen LogP contribution in [-0.4, -0.2) is 50.4 Å². The lowest BCUT2D eigenvalue weighted by Crippen LogP contribution is -2.16. The molecule has 9 nitrogen and oxygen atoms in total. The molecule has 108 valence electrons. The SMILES string of the molecule is O=C(O)c1nnn(-c2ccc3c(c2)OCCO3)c1C(=O)O. The second kappa shape index (κ2) is 4.78. The molecule has 2 heterocycles. The second-order valence-electron chi connectivity index (χ2n) is 4.14. The lowest BCUT2D eigenvalue weighted by molar-refractivity contribution is 0.0642. The third kappa shape index (κ3) is 2.14. The maximum Gasteiger partial charge on any atom is 0.359 e. The molecular formula is C12H9N3O6. The Bertz CT molecular complexity index is 739. The fourth-order valence-corrected chi connectivity index (χ4v) is 1.96. The van der Waals surface area contributed by atoms with E-state index in [4.69, 9.17) is 19.7 Å². The van der Waals surface area contributed by atoms with Crippen LogP contribution in [0.3, 0.4) is 0 Å². The Morgan fingerprint density at radius 1 is 1.10 bits per heavy atom. The Balaban J connectivity index is 2.12. The average molecular weight is 291 g/mol. The molecule has 0 spiro atoms. The van der Waals surface area contributed by atoms with E-state index in [1.165, 1.54) is 6.07 Å². The van der Waals surface area contributed by atoms with Crippen molar-refractivity contribution in [3.63, 3.8) is 0 Å². The predicted molar refractivity (Wildman–Crippen MR) is 66.3 cm³/mol. The number of rotatable bonds is 3. The summed E-state index contributed by atoms with van der Waals surface area (Å²) < 4.78 is 11.7. The largest absolute Gasteiger partial charge is 0.486 e. The highest BCUT2D eigenvalue weighted by atomic mass is 16.6. The highest BCUT2D eigenvalue weighted by molar-refractivity contribution is 5.99. The monoisotopic (exact) mass is 291 g/mol. The molecule has 0 saturated heterocycles. The molecule has 0 atom stereocenters. The van der Waals surface area contributed by atoms with E-state index in [1.807, 2.05) is 0 Å². The van der Waals surface area contributed by atoms with Crippen molar-refractivity contribution in [3.05, 3.63) is 29.6 Å². The van der Waals surface area contributed by atoms with Crippen molar-refractivity contribution < 1.29 is 29.3 Å². The summed E-state index contributed by atoms with van der Waals surface area (Å²) in [6.07, 6.45) is 0. The molecule has 0 aliphatic carbocycles. The van der Waals surface area contributed by atoms with Crippen LogP contribution in [0.25, 0.3) is 5.69 Å². The summed E-state index contributed by atoms with van der Waals surface area (Å²) in [7, 11) is 0. The number of aromatic nitrogens is 3. The smallest absolute Gasteiger partial charge is 0.359 e. The third-order valence-corrected chi connectivity index (χ3v) is 2.85. The van der Waals surface area contributed by atoms with Crippen molar-refractivity contribution in [1.29, 1.82) is 0 Å². The topological polar surface area (TPSA) is 124 Å². The maximum atomic E-state index is 11.3. The number of hydrogen-bond donors (Lipinski definition) is 2. The summed E-state index contributed by atoms with van der Waals surface area (Å²) in [5.74, 6) is -1.94. The van der Waals surface area contributed by atoms with E-state index in [-0.39, 0.29) is 0 Å². The van der Waals surface area contributed by atoms with E-state index >= 15 is 0 Å². The Morgan fingerprint density at radius 3 is 2.48 bits per heavy atom. The van der Waals surface area contributed by atoms with Crippen LogP contribution in [0.2, 0.25) is 0 Å². The van der Waals surface area contributed by atoms with Gasteiger partial charge in [-0.2, -0.15) is 0 Å². The van der Waals surface area contributed by atoms with Gasteiger partial charge in [0.1, 0.15) is 13.2 Å². The number of carbonyl (C=O) groups is 2. The quantitative estimate of drug-likeness (QED) is 0.834. The standard InChI is InChI=1S/C12H9N3O6/c16-11(17)9-10(12(18)19)15(14-13-9)6-1-2-7-8(5-6)21-4-3-20-7/h1-2,5H,3-4H2,(H,16,17)(H,18,19). The minimum absolute atomic E-state index is 0.316. The zero-order valence-electron chi connectivity index (χ0n) is 10.5. The first-order valence-electron chi connectivity index (χ1n) is 5.90. The van der Waals surface area contributed by atoms with E-state index < -0.39 is 23.3 Å². The number of carboxylic acids is 2. The predicted octanol–water partition coefficient (Wildman–Crippen LogP) is 0.435. The first-order chi connectivity index (χ1) is 10.1. The highest BCUT2D eigenvalue weighted by Gasteiger charge is 2.26. The van der Waals surface area contributed by atoms with Crippen molar-refractivity contribution in [3.8, 4) is 17.2 Å². The molecule has 9 heteroatoms. The lowest BCUT2D eigenvalue weighted by atomic mass is 10.2. The maximum absolute atomic E-state index is 11.3. The van der Waals surface area contributed by atoms with Gasteiger partial charge in [0.25, 0.3) is 0 Å². The minimum atomic E-state index is -1.46. The van der Waals surface area contributed by atoms with E-state index in [0.717, 1.165) is 4.68 Å². The normalized spacial score (nSPS) is 13.0. The van der Waals surface area contributed by atoms with Crippen molar-refractivity contribution in [1.82, 2.24) is 15.0 Å². The molecule has 21 heavy (non-hydrogen) atoms. The first kappa shape index (κ1) is 12.9. The second-order valence-corrected chi connectivity index (χ2v) is 4.14. The van der Waals surface area contributed by atoms with Crippen LogP contribution in [0.5, 0.6) is 11.5 Å². The van der Waals surface area contributed by atoms with Crippen LogP contribution in [0.1, 0.15) is 21.0 Å². The summed E-state index contributed by atoms with van der Waals surface area (Å²) in [6.45, 7) is 0.805. The van der Waals surface area contributed by atoms with Gasteiger partial charge in [0.2, 0.25) is 5.69 Å². The van der Waals surface area contributed by atoms with Crippen LogP contribution in [0, 0.1) is 0 Å². The summed E-state index contributed by atoms with van der Waals surface area (Å²) in [4.78, 5) is 22.2. The Hall–Kier alpha value is -3.10. The van der Waals surface area contributed by atoms with Crippen LogP contribution < -0.4 is 9.47 Å². The third-order valence-electron chi connectivity index (χ3n) is 2.85. The van der Waals surface area contributed by atoms with Crippen molar-refractivity contribution in [2.24, 2.45) is 0 Å². The first-order valence-corrected chi connectivity index (χ1v) is 5.90. The highest BCUT2D eigenvalue weighted by Crippen LogP contribution is 2.32. The molecule has 1 aliphatic rings. The van der Waals surface area contributed by atoms with Gasteiger partial charge < -0.3 is 19.7 Å². The number of benzene rings is 1. The number of nitrogens with zero attached hydrogens (tertiary/aromatic N) is 3. The Morgan fingerprint density at radius 2 is 1.81 bits per heavy atom. The lowest BCUT2D eigenvalue weighted by Gasteiger charge is -2.18. The fraction of sp³-hybridized carbons (Fsp3) is 0.167. The van der Waals surface area contributed by atoms with E-state index in [1.54, 1.807) is 12.1 Å². The Labute approximate surface area is 117 Å². The summed E-state index contributed by atoms with van der Waals surface area (Å²) in [5.41, 5.74) is -0.840. The number of hydrogen-bond acceptors (Lipinski definition) is 6. The van der Waals surface area contributed by atoms with Crippen molar-refractivity contribution >= 4 is 11.9 Å². The molecule has 0 bridgehead atoms. The van der Waals surface area contributed by atoms with Gasteiger partial charge in [-0.3, -0.25) is 0 Å². The molecule has 0 amide bonds. The van der Waals surface area contributed by atoms with Crippen molar-refractivity contribution in [2.75, 3.05) is 13.2 Å². The van der Waals surface area contributed by atoms with Gasteiger partial charge in [-0.1, -0.05) is 5.21 Å². The van der Waals surface area contributed by atoms with Gasteiger partial charge in [0.15, 0.2) is 17.2 Å². The molecule has 1 aromatic heterocycles. The zero-order chi connectivity index (χ0) is 15.0. The molecular weight excluding hydrogens is 282 g/mol.